The Kier molecular flexibility index (Phi) is 9.10. The smallest absolute Gasteiger partial charge is 0.254 e. The number of piperazine rings is 1. The first-order chi connectivity index (χ1) is 16.9. The number of halogens is 2. The van der Waals surface area contributed by atoms with Crippen LogP contribution in [0.2, 0.25) is 10.0 Å². The highest BCUT2D eigenvalue weighted by atomic mass is 35.5. The second-order valence-electron chi connectivity index (χ2n) is 9.41. The van der Waals surface area contributed by atoms with Crippen molar-refractivity contribution >= 4 is 29.1 Å². The van der Waals surface area contributed by atoms with Gasteiger partial charge in [-0.3, -0.25) is 14.6 Å². The van der Waals surface area contributed by atoms with Crippen molar-refractivity contribution in [3.8, 4) is 11.8 Å². The van der Waals surface area contributed by atoms with Gasteiger partial charge in [0.15, 0.2) is 0 Å². The number of carbonyl (C=O) groups is 1. The monoisotopic (exact) mass is 513 g/mol. The summed E-state index contributed by atoms with van der Waals surface area (Å²) in [5.74, 6) is 6.64. The van der Waals surface area contributed by atoms with Crippen LogP contribution in [0, 0.1) is 25.7 Å². The summed E-state index contributed by atoms with van der Waals surface area (Å²) in [7, 11) is 0. The van der Waals surface area contributed by atoms with E-state index in [1.54, 1.807) is 18.2 Å². The Hall–Kier alpha value is -2.07. The van der Waals surface area contributed by atoms with Gasteiger partial charge >= 0.3 is 0 Å². The third kappa shape index (κ3) is 7.22. The molecule has 0 radical (unpaired) electrons. The third-order valence-corrected chi connectivity index (χ3v) is 7.25. The maximum atomic E-state index is 13.5. The van der Waals surface area contributed by atoms with E-state index in [9.17, 15) is 4.79 Å². The van der Waals surface area contributed by atoms with Gasteiger partial charge in [0, 0.05) is 54.4 Å². The summed E-state index contributed by atoms with van der Waals surface area (Å²) >= 11 is 12.4. The number of aryl methyl sites for hydroxylation is 2. The Morgan fingerprint density at radius 1 is 0.914 bits per heavy atom. The highest BCUT2D eigenvalue weighted by Gasteiger charge is 2.31. The van der Waals surface area contributed by atoms with E-state index in [0.29, 0.717) is 28.7 Å². The zero-order valence-electron chi connectivity index (χ0n) is 20.5. The maximum Gasteiger partial charge on any atom is 0.254 e. The standard InChI is InChI=1S/C28H33Cl2N3O2/c1-21-5-6-23(15-22(21)2)16-27-20-32(8-4-3-7-31-11-13-35-14-12-31)9-10-33(27)28(34)24-17-25(29)19-26(30)18-24/h5-6,15,17-19,27H,7-14,16,20H2,1-2H3. The van der Waals surface area contributed by atoms with Crippen molar-refractivity contribution in [1.29, 1.82) is 0 Å². The summed E-state index contributed by atoms with van der Waals surface area (Å²) < 4.78 is 5.41. The Morgan fingerprint density at radius 3 is 2.29 bits per heavy atom. The maximum absolute atomic E-state index is 13.5. The van der Waals surface area contributed by atoms with Crippen molar-refractivity contribution in [3.05, 3.63) is 68.7 Å². The lowest BCUT2D eigenvalue weighted by Gasteiger charge is -2.41. The van der Waals surface area contributed by atoms with E-state index in [2.05, 4.69) is 53.7 Å². The van der Waals surface area contributed by atoms with Gasteiger partial charge in [-0.15, -0.1) is 0 Å². The number of benzene rings is 2. The predicted molar refractivity (Wildman–Crippen MR) is 142 cm³/mol. The molecule has 186 valence electrons. The minimum Gasteiger partial charge on any atom is -0.379 e. The Labute approximate surface area is 218 Å². The van der Waals surface area contributed by atoms with Crippen LogP contribution in [0.25, 0.3) is 0 Å². The van der Waals surface area contributed by atoms with Gasteiger partial charge in [-0.25, -0.2) is 0 Å². The molecule has 0 aromatic heterocycles. The zero-order valence-corrected chi connectivity index (χ0v) is 22.0. The SMILES string of the molecule is Cc1ccc(CC2CN(CC#CCN3CCOCC3)CCN2C(=O)c2cc(Cl)cc(Cl)c2)cc1C. The third-order valence-electron chi connectivity index (χ3n) is 6.81. The number of morpholine rings is 1. The van der Waals surface area contributed by atoms with Crippen LogP contribution in [0.5, 0.6) is 0 Å². The Bertz CT molecular complexity index is 1080. The lowest BCUT2D eigenvalue weighted by molar-refractivity contribution is 0.0441. The van der Waals surface area contributed by atoms with Gasteiger partial charge in [0.1, 0.15) is 0 Å². The van der Waals surface area contributed by atoms with Crippen molar-refractivity contribution in [2.45, 2.75) is 26.3 Å². The number of nitrogens with zero attached hydrogens (tertiary/aromatic N) is 3. The van der Waals surface area contributed by atoms with Gasteiger partial charge in [-0.1, -0.05) is 53.2 Å². The molecule has 4 rings (SSSR count). The summed E-state index contributed by atoms with van der Waals surface area (Å²) in [5, 5.41) is 0.946. The molecular weight excluding hydrogens is 481 g/mol. The number of carbonyl (C=O) groups excluding carboxylic acids is 1. The van der Waals surface area contributed by atoms with Crippen LogP contribution in [-0.4, -0.2) is 85.7 Å². The van der Waals surface area contributed by atoms with Crippen LogP contribution in [0.1, 0.15) is 27.0 Å². The topological polar surface area (TPSA) is 36.0 Å². The van der Waals surface area contributed by atoms with Gasteiger partial charge in [-0.05, 0) is 55.2 Å². The van der Waals surface area contributed by atoms with E-state index >= 15 is 0 Å². The van der Waals surface area contributed by atoms with Crippen LogP contribution < -0.4 is 0 Å². The van der Waals surface area contributed by atoms with Crippen LogP contribution in [0.4, 0.5) is 0 Å². The van der Waals surface area contributed by atoms with Crippen LogP contribution in [0.15, 0.2) is 36.4 Å². The number of amides is 1. The second-order valence-corrected chi connectivity index (χ2v) is 10.3. The average Bonchev–Trinajstić information content (AvgIpc) is 2.84. The van der Waals surface area contributed by atoms with Crippen molar-refractivity contribution in [1.82, 2.24) is 14.7 Å². The van der Waals surface area contributed by atoms with Crippen LogP contribution in [0.3, 0.4) is 0 Å². The molecule has 1 atom stereocenters. The number of ether oxygens (including phenoxy) is 1. The second kappa shape index (κ2) is 12.3. The first-order valence-corrected chi connectivity index (χ1v) is 13.0. The lowest BCUT2D eigenvalue weighted by atomic mass is 9.98. The van der Waals surface area contributed by atoms with Crippen molar-refractivity contribution < 1.29 is 9.53 Å². The van der Waals surface area contributed by atoms with Gasteiger partial charge in [0.2, 0.25) is 0 Å². The molecular formula is C28H33Cl2N3O2. The molecule has 0 aliphatic carbocycles. The zero-order chi connectivity index (χ0) is 24.8. The van der Waals surface area contributed by atoms with E-state index in [1.807, 2.05) is 4.90 Å². The van der Waals surface area contributed by atoms with E-state index in [4.69, 9.17) is 27.9 Å². The van der Waals surface area contributed by atoms with Crippen molar-refractivity contribution in [3.63, 3.8) is 0 Å². The minimum atomic E-state index is -0.0266. The average molecular weight is 514 g/mol. The van der Waals surface area contributed by atoms with E-state index in [0.717, 1.165) is 52.4 Å². The Morgan fingerprint density at radius 2 is 1.60 bits per heavy atom. The van der Waals surface area contributed by atoms with Crippen molar-refractivity contribution in [2.24, 2.45) is 0 Å². The fourth-order valence-electron chi connectivity index (χ4n) is 4.65. The molecule has 1 amide bonds. The van der Waals surface area contributed by atoms with E-state index < -0.39 is 0 Å². The highest BCUT2D eigenvalue weighted by Crippen LogP contribution is 2.24. The van der Waals surface area contributed by atoms with Crippen LogP contribution >= 0.6 is 23.2 Å². The van der Waals surface area contributed by atoms with Gasteiger partial charge in [-0.2, -0.15) is 0 Å². The first kappa shape index (κ1) is 26.0. The lowest BCUT2D eigenvalue weighted by Crippen LogP contribution is -2.56. The number of hydrogen-bond donors (Lipinski definition) is 0. The molecule has 2 aliphatic rings. The highest BCUT2D eigenvalue weighted by molar-refractivity contribution is 6.35. The molecule has 0 N–H and O–H groups in total. The molecule has 0 spiro atoms. The molecule has 2 aromatic rings. The Balaban J connectivity index is 1.47. The summed E-state index contributed by atoms with van der Waals surface area (Å²) in [6.45, 7) is 11.4. The van der Waals surface area contributed by atoms with Gasteiger partial charge in [0.25, 0.3) is 5.91 Å². The van der Waals surface area contributed by atoms with Gasteiger partial charge < -0.3 is 9.64 Å². The van der Waals surface area contributed by atoms with Crippen molar-refractivity contribution in [2.75, 3.05) is 59.0 Å². The molecule has 7 heteroatoms. The molecule has 2 aliphatic heterocycles. The van der Waals surface area contributed by atoms with Gasteiger partial charge in [0.05, 0.1) is 26.3 Å². The number of rotatable bonds is 5. The molecule has 5 nitrogen and oxygen atoms in total. The largest absolute Gasteiger partial charge is 0.379 e. The number of hydrogen-bond acceptors (Lipinski definition) is 4. The van der Waals surface area contributed by atoms with Crippen LogP contribution in [-0.2, 0) is 11.2 Å². The summed E-state index contributed by atoms with van der Waals surface area (Å²) in [6.07, 6.45) is 0.791. The first-order valence-electron chi connectivity index (χ1n) is 12.2. The quantitative estimate of drug-likeness (QED) is 0.558. The molecule has 1 unspecified atom stereocenters. The van der Waals surface area contributed by atoms with E-state index in [1.165, 1.54) is 16.7 Å². The fourth-order valence-corrected chi connectivity index (χ4v) is 5.17. The predicted octanol–water partition coefficient (Wildman–Crippen LogP) is 4.31. The summed E-state index contributed by atoms with van der Waals surface area (Å²) in [4.78, 5) is 20.2. The normalized spacial score (nSPS) is 19.3. The minimum absolute atomic E-state index is 0.0266. The molecule has 2 saturated heterocycles. The molecule has 0 saturated carbocycles. The summed E-state index contributed by atoms with van der Waals surface area (Å²) in [6, 6.07) is 11.7. The molecule has 2 fully saturated rings. The molecule has 35 heavy (non-hydrogen) atoms. The van der Waals surface area contributed by atoms with E-state index in [-0.39, 0.29) is 11.9 Å². The fraction of sp³-hybridized carbons (Fsp3) is 0.464. The summed E-state index contributed by atoms with van der Waals surface area (Å²) in [5.41, 5.74) is 4.31. The molecule has 0 bridgehead atoms. The molecule has 2 heterocycles. The molecule has 2 aromatic carbocycles.